The van der Waals surface area contributed by atoms with Gasteiger partial charge in [0.15, 0.2) is 17.2 Å². The summed E-state index contributed by atoms with van der Waals surface area (Å²) in [5.41, 5.74) is 9.90. The monoisotopic (exact) mass is 690 g/mol. The molecule has 3 heterocycles. The molecule has 0 fully saturated rings. The molecule has 11 aromatic rings. The van der Waals surface area contributed by atoms with Crippen molar-refractivity contribution in [2.24, 2.45) is 0 Å². The topological polar surface area (TPSA) is 56.7 Å². The van der Waals surface area contributed by atoms with Crippen molar-refractivity contribution in [3.05, 3.63) is 182 Å². The van der Waals surface area contributed by atoms with Crippen molar-refractivity contribution in [3.8, 4) is 51.0 Å². The van der Waals surface area contributed by atoms with Crippen molar-refractivity contribution in [1.29, 1.82) is 0 Å². The molecular weight excluding hydrogens is 661 g/mol. The molecule has 0 saturated carbocycles. The first-order valence-corrected chi connectivity index (χ1v) is 18.1. The number of fused-ring (bicyclic) bond motifs is 10. The minimum Gasteiger partial charge on any atom is -0.454 e. The van der Waals surface area contributed by atoms with Crippen molar-refractivity contribution >= 4 is 54.5 Å². The molecule has 0 unspecified atom stereocenters. The summed E-state index contributed by atoms with van der Waals surface area (Å²) in [5, 5.41) is 6.64. The molecule has 0 aliphatic heterocycles. The Morgan fingerprint density at radius 1 is 0.370 bits per heavy atom. The summed E-state index contributed by atoms with van der Waals surface area (Å²) in [6.45, 7) is 0. The van der Waals surface area contributed by atoms with Crippen LogP contribution in [0.25, 0.3) is 105 Å². The van der Waals surface area contributed by atoms with Gasteiger partial charge >= 0.3 is 0 Å². The summed E-state index contributed by atoms with van der Waals surface area (Å²) >= 11 is 0. The fraction of sp³-hybridized carbons (Fsp3) is 0. The zero-order valence-corrected chi connectivity index (χ0v) is 29.0. The Morgan fingerprint density at radius 3 is 1.61 bits per heavy atom. The molecule has 8 aromatic carbocycles. The Morgan fingerprint density at radius 2 is 0.907 bits per heavy atom. The van der Waals surface area contributed by atoms with Gasteiger partial charge in [-0.15, -0.1) is 0 Å². The lowest BCUT2D eigenvalue weighted by atomic mass is 9.97. The van der Waals surface area contributed by atoms with Crippen LogP contribution in [0.5, 0.6) is 0 Å². The molecule has 0 radical (unpaired) electrons. The molecule has 0 atom stereocenters. The van der Waals surface area contributed by atoms with Crippen LogP contribution in [-0.2, 0) is 0 Å². The van der Waals surface area contributed by atoms with E-state index < -0.39 is 0 Å². The number of nitrogens with zero attached hydrogens (tertiary/aromatic N) is 4. The number of aromatic nitrogens is 4. The number of para-hydroxylation sites is 1. The summed E-state index contributed by atoms with van der Waals surface area (Å²) in [4.78, 5) is 15.7. The van der Waals surface area contributed by atoms with E-state index in [1.165, 1.54) is 0 Å². The van der Waals surface area contributed by atoms with Gasteiger partial charge in [0.05, 0.1) is 5.52 Å². The maximum atomic E-state index is 6.96. The molecule has 0 spiro atoms. The maximum absolute atomic E-state index is 6.96. The van der Waals surface area contributed by atoms with Gasteiger partial charge in [-0.1, -0.05) is 158 Å². The molecule has 0 bridgehead atoms. The van der Waals surface area contributed by atoms with Crippen molar-refractivity contribution in [1.82, 2.24) is 19.5 Å². The lowest BCUT2D eigenvalue weighted by molar-refractivity contribution is 0.671. The van der Waals surface area contributed by atoms with Gasteiger partial charge in [0, 0.05) is 32.7 Å². The summed E-state index contributed by atoms with van der Waals surface area (Å²) in [6, 6.07) is 63.1. The second-order valence-corrected chi connectivity index (χ2v) is 13.6. The smallest absolute Gasteiger partial charge is 0.238 e. The molecule has 3 aromatic heterocycles. The number of hydrogen-bond acceptors (Lipinski definition) is 4. The van der Waals surface area contributed by atoms with Gasteiger partial charge in [-0.05, 0) is 57.3 Å². The van der Waals surface area contributed by atoms with E-state index in [0.717, 1.165) is 87.9 Å². The predicted octanol–water partition coefficient (Wildman–Crippen LogP) is 12.7. The molecule has 0 aliphatic carbocycles. The van der Waals surface area contributed by atoms with Crippen LogP contribution in [-0.4, -0.2) is 19.5 Å². The summed E-state index contributed by atoms with van der Waals surface area (Å²) in [5.74, 6) is 1.72. The van der Waals surface area contributed by atoms with E-state index in [1.807, 2.05) is 42.5 Å². The second-order valence-electron chi connectivity index (χ2n) is 13.6. The van der Waals surface area contributed by atoms with E-state index >= 15 is 0 Å². The van der Waals surface area contributed by atoms with E-state index in [0.29, 0.717) is 17.6 Å². The van der Waals surface area contributed by atoms with Gasteiger partial charge in [0.1, 0.15) is 11.1 Å². The molecule has 11 rings (SSSR count). The van der Waals surface area contributed by atoms with Crippen LogP contribution in [0.1, 0.15) is 0 Å². The van der Waals surface area contributed by atoms with Gasteiger partial charge in [0.2, 0.25) is 5.95 Å². The third-order valence-corrected chi connectivity index (χ3v) is 10.4. The van der Waals surface area contributed by atoms with Gasteiger partial charge in [-0.3, -0.25) is 4.57 Å². The van der Waals surface area contributed by atoms with Crippen LogP contribution in [0.3, 0.4) is 0 Å². The third kappa shape index (κ3) is 4.76. The molecule has 0 amide bonds. The standard InChI is InChI=1S/C49H30N4O/c1-4-15-31(16-5-1)34-21-14-22-36(29-34)48-50-47(33-19-8-3-9-20-33)51-49(52-48)53-41-26-13-12-25-39(41)43-37-23-10-11-24-38(37)44-40-30-35(32-17-6-2-7-18-32)27-28-42(40)54-46(44)45(43)53/h1-30H. The average molecular weight is 691 g/mol. The Labute approximate surface area is 310 Å². The Bertz CT molecular complexity index is 3200. The minimum absolute atomic E-state index is 0.525. The van der Waals surface area contributed by atoms with Crippen LogP contribution < -0.4 is 0 Å². The number of rotatable bonds is 5. The number of benzene rings is 8. The van der Waals surface area contributed by atoms with E-state index in [1.54, 1.807) is 0 Å². The molecule has 0 saturated heterocycles. The number of furan rings is 1. The Balaban J connectivity index is 1.25. The zero-order valence-electron chi connectivity index (χ0n) is 29.0. The van der Waals surface area contributed by atoms with Crippen LogP contribution in [0.2, 0.25) is 0 Å². The van der Waals surface area contributed by atoms with Gasteiger partial charge < -0.3 is 4.42 Å². The highest BCUT2D eigenvalue weighted by molar-refractivity contribution is 6.35. The average Bonchev–Trinajstić information content (AvgIpc) is 3.81. The fourth-order valence-electron chi connectivity index (χ4n) is 7.98. The lowest BCUT2D eigenvalue weighted by Gasteiger charge is -2.12. The van der Waals surface area contributed by atoms with Gasteiger partial charge in [-0.2, -0.15) is 9.97 Å². The highest BCUT2D eigenvalue weighted by Gasteiger charge is 2.25. The summed E-state index contributed by atoms with van der Waals surface area (Å²) in [6.07, 6.45) is 0. The predicted molar refractivity (Wildman–Crippen MR) is 221 cm³/mol. The first-order valence-electron chi connectivity index (χ1n) is 18.1. The quantitative estimate of drug-likeness (QED) is 0.180. The molecule has 5 heteroatoms. The molecule has 0 N–H and O–H groups in total. The first kappa shape index (κ1) is 30.3. The fourth-order valence-corrected chi connectivity index (χ4v) is 7.98. The van der Waals surface area contributed by atoms with Crippen LogP contribution >= 0.6 is 0 Å². The highest BCUT2D eigenvalue weighted by Crippen LogP contribution is 2.46. The van der Waals surface area contributed by atoms with Crippen molar-refractivity contribution in [2.75, 3.05) is 0 Å². The van der Waals surface area contributed by atoms with Gasteiger partial charge in [-0.25, -0.2) is 4.98 Å². The van der Waals surface area contributed by atoms with Crippen molar-refractivity contribution in [2.45, 2.75) is 0 Å². The number of hydrogen-bond donors (Lipinski definition) is 0. The van der Waals surface area contributed by atoms with E-state index in [4.69, 9.17) is 19.4 Å². The van der Waals surface area contributed by atoms with Crippen LogP contribution in [0, 0.1) is 0 Å². The van der Waals surface area contributed by atoms with Crippen molar-refractivity contribution in [3.63, 3.8) is 0 Å². The molecular formula is C49H30N4O. The van der Waals surface area contributed by atoms with E-state index in [2.05, 4.69) is 144 Å². The van der Waals surface area contributed by atoms with Crippen LogP contribution in [0.15, 0.2) is 186 Å². The summed E-state index contributed by atoms with van der Waals surface area (Å²) < 4.78 is 9.14. The largest absolute Gasteiger partial charge is 0.454 e. The molecule has 5 nitrogen and oxygen atoms in total. The molecule has 0 aliphatic rings. The lowest BCUT2D eigenvalue weighted by Crippen LogP contribution is -2.06. The summed E-state index contributed by atoms with van der Waals surface area (Å²) in [7, 11) is 0. The molecule has 54 heavy (non-hydrogen) atoms. The first-order chi connectivity index (χ1) is 26.8. The highest BCUT2D eigenvalue weighted by atomic mass is 16.3. The zero-order chi connectivity index (χ0) is 35.6. The van der Waals surface area contributed by atoms with Crippen LogP contribution in [0.4, 0.5) is 0 Å². The van der Waals surface area contributed by atoms with E-state index in [9.17, 15) is 0 Å². The normalized spacial score (nSPS) is 11.7. The van der Waals surface area contributed by atoms with Crippen molar-refractivity contribution < 1.29 is 4.42 Å². The second kappa shape index (κ2) is 12.1. The minimum atomic E-state index is 0.525. The molecule has 252 valence electrons. The third-order valence-electron chi connectivity index (χ3n) is 10.4. The maximum Gasteiger partial charge on any atom is 0.238 e. The Hall–Kier alpha value is -7.37. The van der Waals surface area contributed by atoms with Gasteiger partial charge in [0.25, 0.3) is 0 Å². The Kier molecular flexibility index (Phi) is 6.79. The van der Waals surface area contributed by atoms with E-state index in [-0.39, 0.29) is 0 Å². The SMILES string of the molecule is c1ccc(-c2cccc(-c3nc(-c4ccccc4)nc(-n4c5ccccc5c5c6ccccc6c6c7cc(-c8ccccc8)ccc7oc6c54)n3)c2)cc1.